The van der Waals surface area contributed by atoms with Gasteiger partial charge in [-0.1, -0.05) is 35.4 Å². The van der Waals surface area contributed by atoms with Gasteiger partial charge >= 0.3 is 0 Å². The molecule has 2 aromatic carbocycles. The molecule has 1 amide bonds. The third kappa shape index (κ3) is 3.87. The number of nitrogens with zero attached hydrogens (tertiary/aromatic N) is 1. The van der Waals surface area contributed by atoms with Gasteiger partial charge in [-0.3, -0.25) is 14.5 Å². The zero-order valence-electron chi connectivity index (χ0n) is 18.5. The topological polar surface area (TPSA) is 76.1 Å². The van der Waals surface area contributed by atoms with E-state index in [9.17, 15) is 14.7 Å². The highest BCUT2D eigenvalue weighted by atomic mass is 35.5. The molecule has 1 unspecified atom stereocenters. The molecule has 0 aliphatic carbocycles. The van der Waals surface area contributed by atoms with Gasteiger partial charge in [0.05, 0.1) is 30.4 Å². The van der Waals surface area contributed by atoms with E-state index >= 15 is 0 Å². The predicted molar refractivity (Wildman–Crippen MR) is 130 cm³/mol. The van der Waals surface area contributed by atoms with Crippen molar-refractivity contribution in [2.75, 3.05) is 19.1 Å². The van der Waals surface area contributed by atoms with Crippen LogP contribution < -0.4 is 14.4 Å². The van der Waals surface area contributed by atoms with Gasteiger partial charge in [-0.05, 0) is 43.0 Å². The summed E-state index contributed by atoms with van der Waals surface area (Å²) in [6, 6.07) is 11.5. The molecule has 1 fully saturated rings. The fraction of sp³-hybridized carbons (Fsp3) is 0.200. The number of aryl methyl sites for hydroxylation is 2. The number of halogens is 1. The number of benzene rings is 2. The SMILES string of the molecule is COc1cc(OC)c(/C(O)=C2/C(=O)C(=O)N(c3ccc(C)cc3C)C2c2cccs2)cc1Cl. The second-order valence-electron chi connectivity index (χ2n) is 7.66. The van der Waals surface area contributed by atoms with Crippen molar-refractivity contribution in [2.45, 2.75) is 19.9 Å². The maximum Gasteiger partial charge on any atom is 0.300 e. The van der Waals surface area contributed by atoms with Crippen LogP contribution in [0.1, 0.15) is 27.6 Å². The maximum absolute atomic E-state index is 13.3. The van der Waals surface area contributed by atoms with E-state index in [1.165, 1.54) is 42.6 Å². The Morgan fingerprint density at radius 3 is 2.39 bits per heavy atom. The molecule has 1 atom stereocenters. The Balaban J connectivity index is 1.98. The summed E-state index contributed by atoms with van der Waals surface area (Å²) in [7, 11) is 2.90. The van der Waals surface area contributed by atoms with Crippen LogP contribution in [0.2, 0.25) is 5.02 Å². The third-order valence-corrected chi connectivity index (χ3v) is 6.82. The number of hydrogen-bond donors (Lipinski definition) is 1. The molecule has 4 rings (SSSR count). The molecular weight excluding hydrogens is 462 g/mol. The van der Waals surface area contributed by atoms with E-state index in [1.807, 2.05) is 49.6 Å². The smallest absolute Gasteiger partial charge is 0.300 e. The highest BCUT2D eigenvalue weighted by Crippen LogP contribution is 2.46. The van der Waals surface area contributed by atoms with Crippen LogP contribution in [0.4, 0.5) is 5.69 Å². The van der Waals surface area contributed by atoms with Crippen LogP contribution in [0.15, 0.2) is 53.4 Å². The van der Waals surface area contributed by atoms with Crippen molar-refractivity contribution in [3.63, 3.8) is 0 Å². The molecular formula is C25H22ClNO5S. The van der Waals surface area contributed by atoms with E-state index in [0.717, 1.165) is 16.0 Å². The fourth-order valence-electron chi connectivity index (χ4n) is 4.06. The Morgan fingerprint density at radius 1 is 1.06 bits per heavy atom. The van der Waals surface area contributed by atoms with E-state index in [1.54, 1.807) is 0 Å². The second-order valence-corrected chi connectivity index (χ2v) is 9.05. The average molecular weight is 484 g/mol. The number of rotatable bonds is 5. The Hall–Kier alpha value is -3.29. The summed E-state index contributed by atoms with van der Waals surface area (Å²) < 4.78 is 10.6. The number of carbonyl (C=O) groups is 2. The van der Waals surface area contributed by atoms with Crippen molar-refractivity contribution in [3.8, 4) is 11.5 Å². The number of ether oxygens (including phenoxy) is 2. The predicted octanol–water partition coefficient (Wildman–Crippen LogP) is 5.66. The van der Waals surface area contributed by atoms with Crippen molar-refractivity contribution in [1.29, 1.82) is 0 Å². The highest BCUT2D eigenvalue weighted by Gasteiger charge is 2.48. The fourth-order valence-corrected chi connectivity index (χ4v) is 5.13. The van der Waals surface area contributed by atoms with Crippen molar-refractivity contribution < 1.29 is 24.2 Å². The lowest BCUT2D eigenvalue weighted by Gasteiger charge is -2.26. The summed E-state index contributed by atoms with van der Waals surface area (Å²) in [5.41, 5.74) is 2.67. The summed E-state index contributed by atoms with van der Waals surface area (Å²) in [6.45, 7) is 3.85. The number of amides is 1. The van der Waals surface area contributed by atoms with Gasteiger partial charge in [-0.15, -0.1) is 11.3 Å². The summed E-state index contributed by atoms with van der Waals surface area (Å²) in [5.74, 6) is -1.23. The normalized spacial score (nSPS) is 17.5. The molecule has 2 heterocycles. The molecule has 1 aromatic heterocycles. The number of thiophene rings is 1. The quantitative estimate of drug-likeness (QED) is 0.288. The molecule has 6 nitrogen and oxygen atoms in total. The lowest BCUT2D eigenvalue weighted by Crippen LogP contribution is -2.29. The monoisotopic (exact) mass is 483 g/mol. The number of ketones is 1. The molecule has 8 heteroatoms. The van der Waals surface area contributed by atoms with Gasteiger partial charge in [-0.2, -0.15) is 0 Å². The minimum absolute atomic E-state index is 0.0260. The molecule has 1 aliphatic heterocycles. The first-order chi connectivity index (χ1) is 15.8. The number of carbonyl (C=O) groups excluding carboxylic acids is 2. The van der Waals surface area contributed by atoms with Crippen LogP contribution in [-0.4, -0.2) is 31.0 Å². The van der Waals surface area contributed by atoms with Gasteiger partial charge in [0.1, 0.15) is 23.3 Å². The molecule has 0 spiro atoms. The van der Waals surface area contributed by atoms with Crippen LogP contribution in [-0.2, 0) is 9.59 Å². The minimum Gasteiger partial charge on any atom is -0.507 e. The van der Waals surface area contributed by atoms with E-state index in [-0.39, 0.29) is 27.7 Å². The van der Waals surface area contributed by atoms with Crippen molar-refractivity contribution in [2.24, 2.45) is 0 Å². The maximum atomic E-state index is 13.3. The molecule has 3 aromatic rings. The van der Waals surface area contributed by atoms with Crippen LogP contribution in [0.5, 0.6) is 11.5 Å². The number of hydrogen-bond acceptors (Lipinski definition) is 6. The first-order valence-corrected chi connectivity index (χ1v) is 11.4. The summed E-state index contributed by atoms with van der Waals surface area (Å²) in [5, 5.41) is 13.5. The first kappa shape index (κ1) is 22.9. The number of aliphatic hydroxyl groups excluding tert-OH is 1. The summed E-state index contributed by atoms with van der Waals surface area (Å²) >= 11 is 7.69. The van der Waals surface area contributed by atoms with Gasteiger partial charge in [-0.25, -0.2) is 0 Å². The third-order valence-electron chi connectivity index (χ3n) is 5.60. The van der Waals surface area contributed by atoms with Crippen LogP contribution in [0.25, 0.3) is 5.76 Å². The zero-order chi connectivity index (χ0) is 23.9. The highest BCUT2D eigenvalue weighted by molar-refractivity contribution is 7.10. The summed E-state index contributed by atoms with van der Waals surface area (Å²) in [6.07, 6.45) is 0. The lowest BCUT2D eigenvalue weighted by atomic mass is 9.98. The average Bonchev–Trinajstić information content (AvgIpc) is 3.41. The Kier molecular flexibility index (Phi) is 6.19. The Bertz CT molecular complexity index is 1280. The number of anilines is 1. The van der Waals surface area contributed by atoms with Gasteiger partial charge in [0.15, 0.2) is 0 Å². The molecule has 170 valence electrons. The van der Waals surface area contributed by atoms with Crippen LogP contribution in [0.3, 0.4) is 0 Å². The van der Waals surface area contributed by atoms with Gasteiger partial charge in [0.25, 0.3) is 11.7 Å². The zero-order valence-corrected chi connectivity index (χ0v) is 20.1. The minimum atomic E-state index is -0.794. The van der Waals surface area contributed by atoms with Gasteiger partial charge < -0.3 is 14.6 Å². The molecule has 1 saturated heterocycles. The Labute approximate surface area is 200 Å². The molecule has 0 saturated carbocycles. The summed E-state index contributed by atoms with van der Waals surface area (Å²) in [4.78, 5) is 28.8. The largest absolute Gasteiger partial charge is 0.507 e. The lowest BCUT2D eigenvalue weighted by molar-refractivity contribution is -0.132. The van der Waals surface area contributed by atoms with E-state index in [2.05, 4.69) is 0 Å². The number of Topliss-reactive ketones (excluding diaryl/α,β-unsaturated/α-hetero) is 1. The van der Waals surface area contributed by atoms with Crippen LogP contribution in [0, 0.1) is 13.8 Å². The van der Waals surface area contributed by atoms with Gasteiger partial charge in [0, 0.05) is 16.6 Å². The van der Waals surface area contributed by atoms with E-state index in [0.29, 0.717) is 11.4 Å². The number of aliphatic hydroxyl groups is 1. The first-order valence-electron chi connectivity index (χ1n) is 10.1. The van der Waals surface area contributed by atoms with Crippen LogP contribution >= 0.6 is 22.9 Å². The molecule has 1 N–H and O–H groups in total. The standard InChI is InChI=1S/C25H22ClNO5S/c1-13-7-8-17(14(2)10-13)27-22(20-6-5-9-33-20)21(24(29)25(27)30)23(28)15-11-16(26)19(32-4)12-18(15)31-3/h5-12,22,28H,1-4H3/b23-21-. The molecule has 1 aliphatic rings. The van der Waals surface area contributed by atoms with Gasteiger partial charge in [0.2, 0.25) is 0 Å². The second kappa shape index (κ2) is 8.92. The van der Waals surface area contributed by atoms with E-state index < -0.39 is 17.7 Å². The molecule has 33 heavy (non-hydrogen) atoms. The molecule has 0 radical (unpaired) electrons. The molecule has 0 bridgehead atoms. The van der Waals surface area contributed by atoms with Crippen molar-refractivity contribution in [1.82, 2.24) is 0 Å². The Morgan fingerprint density at radius 2 is 1.79 bits per heavy atom. The van der Waals surface area contributed by atoms with E-state index in [4.69, 9.17) is 21.1 Å². The van der Waals surface area contributed by atoms with Crippen molar-refractivity contribution >= 4 is 46.1 Å². The number of methoxy groups -OCH3 is 2. The van der Waals surface area contributed by atoms with Crippen molar-refractivity contribution in [3.05, 3.63) is 80.0 Å².